The van der Waals surface area contributed by atoms with Crippen LogP contribution in [0.4, 0.5) is 14.6 Å². The zero-order chi connectivity index (χ0) is 19.8. The Kier molecular flexibility index (Phi) is 4.46. The van der Waals surface area contributed by atoms with Crippen LogP contribution in [-0.2, 0) is 4.79 Å². The average molecular weight is 385 g/mol. The number of ether oxygens (including phenoxy) is 2. The highest BCUT2D eigenvalue weighted by Gasteiger charge is 2.33. The van der Waals surface area contributed by atoms with Crippen LogP contribution in [0.5, 0.6) is 11.5 Å². The maximum absolute atomic E-state index is 14.4. The van der Waals surface area contributed by atoms with Crippen molar-refractivity contribution in [2.45, 2.75) is 12.3 Å². The normalized spacial score (nSPS) is 15.7. The highest BCUT2D eigenvalue weighted by Crippen LogP contribution is 2.40. The number of hydrogen-bond acceptors (Lipinski definition) is 4. The molecule has 6 nitrogen and oxygen atoms in total. The lowest BCUT2D eigenvalue weighted by molar-refractivity contribution is -0.116. The zero-order valence-electron chi connectivity index (χ0n) is 15.2. The van der Waals surface area contributed by atoms with E-state index < -0.39 is 17.6 Å². The van der Waals surface area contributed by atoms with Gasteiger partial charge in [0.25, 0.3) is 0 Å². The predicted octanol–water partition coefficient (Wildman–Crippen LogP) is 3.64. The molecular formula is C20H17F2N3O3. The molecule has 8 heteroatoms. The molecule has 1 atom stereocenters. The first-order valence-electron chi connectivity index (χ1n) is 8.56. The van der Waals surface area contributed by atoms with Gasteiger partial charge in [-0.15, -0.1) is 0 Å². The van der Waals surface area contributed by atoms with E-state index in [0.717, 1.165) is 6.07 Å². The number of fused-ring (bicyclic) bond motifs is 1. The number of carbonyl (C=O) groups is 1. The average Bonchev–Trinajstić information content (AvgIpc) is 3.10. The number of amides is 1. The smallest absolute Gasteiger partial charge is 0.226 e. The molecule has 0 fully saturated rings. The van der Waals surface area contributed by atoms with Crippen molar-refractivity contribution in [3.8, 4) is 17.2 Å². The topological polar surface area (TPSA) is 65.4 Å². The van der Waals surface area contributed by atoms with E-state index in [0.29, 0.717) is 28.7 Å². The second-order valence-corrected chi connectivity index (χ2v) is 6.36. The molecule has 2 heterocycles. The first-order valence-corrected chi connectivity index (χ1v) is 8.56. The lowest BCUT2D eigenvalue weighted by atomic mass is 9.89. The lowest BCUT2D eigenvalue weighted by Crippen LogP contribution is -2.25. The molecule has 0 saturated heterocycles. The van der Waals surface area contributed by atoms with Crippen LogP contribution in [0.1, 0.15) is 23.6 Å². The molecule has 0 aliphatic carbocycles. The van der Waals surface area contributed by atoms with Gasteiger partial charge in [-0.1, -0.05) is 6.07 Å². The number of benzene rings is 2. The van der Waals surface area contributed by atoms with Gasteiger partial charge in [0.15, 0.2) is 0 Å². The van der Waals surface area contributed by atoms with Crippen molar-refractivity contribution in [3.63, 3.8) is 0 Å². The first-order chi connectivity index (χ1) is 13.5. The van der Waals surface area contributed by atoms with Crippen molar-refractivity contribution in [1.29, 1.82) is 0 Å². The molecule has 1 aliphatic heterocycles. The molecule has 2 aromatic carbocycles. The number of hydrogen-bond donors (Lipinski definition) is 1. The van der Waals surface area contributed by atoms with Crippen molar-refractivity contribution >= 4 is 11.7 Å². The quantitative estimate of drug-likeness (QED) is 0.745. The van der Waals surface area contributed by atoms with Crippen LogP contribution in [0.15, 0.2) is 42.7 Å². The molecule has 0 spiro atoms. The van der Waals surface area contributed by atoms with E-state index in [9.17, 15) is 13.6 Å². The Balaban J connectivity index is 1.86. The van der Waals surface area contributed by atoms with Gasteiger partial charge in [0.05, 0.1) is 25.6 Å². The fraction of sp³-hybridized carbons (Fsp3) is 0.200. The minimum atomic E-state index is -0.709. The zero-order valence-corrected chi connectivity index (χ0v) is 15.2. The molecule has 0 bridgehead atoms. The minimum absolute atomic E-state index is 0.0157. The SMILES string of the molecule is COc1ccc(OC)c(-n2cnc3c2NC(=O)CC3c2ccc(F)cc2F)c1. The molecule has 144 valence electrons. The summed E-state index contributed by atoms with van der Waals surface area (Å²) in [4.78, 5) is 16.8. The number of anilines is 1. The Hall–Kier alpha value is -3.42. The van der Waals surface area contributed by atoms with Crippen molar-refractivity contribution in [2.24, 2.45) is 0 Å². The van der Waals surface area contributed by atoms with Crippen molar-refractivity contribution in [1.82, 2.24) is 9.55 Å². The second-order valence-electron chi connectivity index (χ2n) is 6.36. The van der Waals surface area contributed by atoms with Gasteiger partial charge in [-0.3, -0.25) is 9.36 Å². The number of imidazole rings is 1. The van der Waals surface area contributed by atoms with Crippen molar-refractivity contribution in [2.75, 3.05) is 19.5 Å². The molecular weight excluding hydrogens is 368 g/mol. The molecule has 0 radical (unpaired) electrons. The van der Waals surface area contributed by atoms with E-state index in [2.05, 4.69) is 10.3 Å². The first kappa shape index (κ1) is 18.0. The molecule has 1 aliphatic rings. The molecule has 28 heavy (non-hydrogen) atoms. The summed E-state index contributed by atoms with van der Waals surface area (Å²) in [5.41, 5.74) is 1.33. The summed E-state index contributed by atoms with van der Waals surface area (Å²) >= 11 is 0. The van der Waals surface area contributed by atoms with Crippen LogP contribution >= 0.6 is 0 Å². The van der Waals surface area contributed by atoms with E-state index in [1.165, 1.54) is 25.6 Å². The second kappa shape index (κ2) is 6.95. The van der Waals surface area contributed by atoms with E-state index >= 15 is 0 Å². The number of nitrogens with zero attached hydrogens (tertiary/aromatic N) is 2. The van der Waals surface area contributed by atoms with Crippen molar-refractivity contribution < 1.29 is 23.0 Å². The Bertz CT molecular complexity index is 1060. The standard InChI is InChI=1S/C20H17F2N3O3/c1-27-12-4-6-17(28-2)16(8-12)25-10-23-19-14(9-18(26)24-20(19)25)13-5-3-11(21)7-15(13)22/h3-8,10,14H,9H2,1-2H3,(H,24,26). The van der Waals surface area contributed by atoms with E-state index in [1.807, 2.05) is 0 Å². The summed E-state index contributed by atoms with van der Waals surface area (Å²) in [7, 11) is 3.08. The van der Waals surface area contributed by atoms with Gasteiger partial charge in [0, 0.05) is 24.5 Å². The van der Waals surface area contributed by atoms with Gasteiger partial charge in [0.1, 0.15) is 35.3 Å². The molecule has 1 aromatic heterocycles. The maximum atomic E-state index is 14.4. The third-order valence-corrected chi connectivity index (χ3v) is 4.76. The molecule has 1 unspecified atom stereocenters. The Labute approximate surface area is 159 Å². The Morgan fingerprint density at radius 3 is 2.68 bits per heavy atom. The highest BCUT2D eigenvalue weighted by molar-refractivity contribution is 5.94. The van der Waals surface area contributed by atoms with Gasteiger partial charge < -0.3 is 14.8 Å². The largest absolute Gasteiger partial charge is 0.497 e. The summed E-state index contributed by atoms with van der Waals surface area (Å²) in [6, 6.07) is 8.57. The number of carbonyl (C=O) groups excluding carboxylic acids is 1. The van der Waals surface area contributed by atoms with Crippen LogP contribution < -0.4 is 14.8 Å². The van der Waals surface area contributed by atoms with Gasteiger partial charge in [-0.25, -0.2) is 13.8 Å². The van der Waals surface area contributed by atoms with Crippen LogP contribution in [-0.4, -0.2) is 29.7 Å². The van der Waals surface area contributed by atoms with Crippen LogP contribution in [0.25, 0.3) is 5.69 Å². The molecule has 1 amide bonds. The fourth-order valence-corrected chi connectivity index (χ4v) is 3.42. The number of rotatable bonds is 4. The monoisotopic (exact) mass is 385 g/mol. The molecule has 3 aromatic rings. The van der Waals surface area contributed by atoms with Crippen LogP contribution in [0.3, 0.4) is 0 Å². The van der Waals surface area contributed by atoms with E-state index in [-0.39, 0.29) is 17.9 Å². The van der Waals surface area contributed by atoms with Gasteiger partial charge in [0.2, 0.25) is 5.91 Å². The highest BCUT2D eigenvalue weighted by atomic mass is 19.1. The van der Waals surface area contributed by atoms with Gasteiger partial charge in [-0.2, -0.15) is 0 Å². The van der Waals surface area contributed by atoms with Crippen molar-refractivity contribution in [3.05, 3.63) is 65.6 Å². The predicted molar refractivity (Wildman–Crippen MR) is 98.1 cm³/mol. The van der Waals surface area contributed by atoms with E-state index in [4.69, 9.17) is 9.47 Å². The third-order valence-electron chi connectivity index (χ3n) is 4.76. The fourth-order valence-electron chi connectivity index (χ4n) is 3.42. The Morgan fingerprint density at radius 1 is 1.14 bits per heavy atom. The van der Waals surface area contributed by atoms with Gasteiger partial charge in [-0.05, 0) is 23.8 Å². The molecule has 4 rings (SSSR count). The molecule has 1 N–H and O–H groups in total. The summed E-state index contributed by atoms with van der Waals surface area (Å²) < 4.78 is 40.0. The lowest BCUT2D eigenvalue weighted by Gasteiger charge is -2.24. The number of aromatic nitrogens is 2. The van der Waals surface area contributed by atoms with Gasteiger partial charge >= 0.3 is 0 Å². The summed E-state index contributed by atoms with van der Waals surface area (Å²) in [6.45, 7) is 0. The minimum Gasteiger partial charge on any atom is -0.497 e. The summed E-state index contributed by atoms with van der Waals surface area (Å²) in [6.07, 6.45) is 1.55. The number of methoxy groups -OCH3 is 2. The van der Waals surface area contributed by atoms with Crippen LogP contribution in [0, 0.1) is 11.6 Å². The summed E-state index contributed by atoms with van der Waals surface area (Å²) in [5.74, 6) is -0.733. The van der Waals surface area contributed by atoms with E-state index in [1.54, 1.807) is 29.9 Å². The molecule has 0 saturated carbocycles. The maximum Gasteiger partial charge on any atom is 0.226 e. The number of nitrogens with one attached hydrogen (secondary N) is 1. The number of halogens is 2. The Morgan fingerprint density at radius 2 is 1.96 bits per heavy atom. The van der Waals surface area contributed by atoms with Crippen LogP contribution in [0.2, 0.25) is 0 Å². The third kappa shape index (κ3) is 2.96. The summed E-state index contributed by atoms with van der Waals surface area (Å²) in [5, 5.41) is 2.79.